The molecule has 0 fully saturated rings. The fourth-order valence-electron chi connectivity index (χ4n) is 3.02. The summed E-state index contributed by atoms with van der Waals surface area (Å²) in [7, 11) is 1.59. The Morgan fingerprint density at radius 1 is 1.36 bits per heavy atom. The number of aliphatic hydroxyl groups excluding tert-OH is 1. The lowest BCUT2D eigenvalue weighted by Crippen LogP contribution is -2.35. The highest BCUT2D eigenvalue weighted by molar-refractivity contribution is 5.96. The van der Waals surface area contributed by atoms with Crippen LogP contribution in [-0.2, 0) is 11.3 Å². The SMILES string of the molecule is COCCCNC(=O)c1cc2c(=O)n3ccccc3nc2n(CCCO)c1=N. The van der Waals surface area contributed by atoms with Gasteiger partial charge in [-0.2, -0.15) is 0 Å². The van der Waals surface area contributed by atoms with Crippen molar-refractivity contribution in [3.63, 3.8) is 0 Å². The van der Waals surface area contributed by atoms with Crippen LogP contribution < -0.4 is 16.4 Å². The summed E-state index contributed by atoms with van der Waals surface area (Å²) in [6.07, 6.45) is 2.63. The number of nitrogens with zero attached hydrogens (tertiary/aromatic N) is 3. The van der Waals surface area contributed by atoms with E-state index < -0.39 is 5.91 Å². The molecule has 3 rings (SSSR count). The number of fused-ring (bicyclic) bond motifs is 2. The molecule has 9 heteroatoms. The molecule has 0 aromatic carbocycles. The Hall–Kier alpha value is -3.04. The third-order valence-electron chi connectivity index (χ3n) is 4.41. The summed E-state index contributed by atoms with van der Waals surface area (Å²) in [5, 5.41) is 20.7. The van der Waals surface area contributed by atoms with Crippen molar-refractivity contribution in [2.24, 2.45) is 0 Å². The van der Waals surface area contributed by atoms with E-state index in [0.29, 0.717) is 37.3 Å². The summed E-state index contributed by atoms with van der Waals surface area (Å²) in [6, 6.07) is 6.63. The van der Waals surface area contributed by atoms with Crippen LogP contribution in [0.5, 0.6) is 0 Å². The zero-order chi connectivity index (χ0) is 20.1. The first-order valence-electron chi connectivity index (χ1n) is 9.06. The molecular weight excluding hydrogens is 362 g/mol. The summed E-state index contributed by atoms with van der Waals surface area (Å²) < 4.78 is 7.87. The van der Waals surface area contributed by atoms with Crippen LogP contribution >= 0.6 is 0 Å². The van der Waals surface area contributed by atoms with Crippen LogP contribution in [0.15, 0.2) is 35.3 Å². The molecule has 1 amide bonds. The minimum absolute atomic E-state index is 0.0441. The van der Waals surface area contributed by atoms with Crippen molar-refractivity contribution >= 4 is 22.6 Å². The Morgan fingerprint density at radius 3 is 2.93 bits per heavy atom. The van der Waals surface area contributed by atoms with Gasteiger partial charge in [0.2, 0.25) is 0 Å². The number of hydrogen-bond acceptors (Lipinski definition) is 6. The van der Waals surface area contributed by atoms with E-state index in [1.54, 1.807) is 31.5 Å². The van der Waals surface area contributed by atoms with Crippen LogP contribution in [0.2, 0.25) is 0 Å². The Bertz CT molecular complexity index is 1120. The second-order valence-electron chi connectivity index (χ2n) is 6.32. The van der Waals surface area contributed by atoms with Crippen molar-refractivity contribution in [2.75, 3.05) is 26.9 Å². The van der Waals surface area contributed by atoms with Crippen molar-refractivity contribution < 1.29 is 14.6 Å². The molecule has 0 saturated carbocycles. The maximum Gasteiger partial charge on any atom is 0.267 e. The van der Waals surface area contributed by atoms with Crippen LogP contribution in [0.3, 0.4) is 0 Å². The Kier molecular flexibility index (Phi) is 6.17. The predicted molar refractivity (Wildman–Crippen MR) is 103 cm³/mol. The Morgan fingerprint density at radius 2 is 2.18 bits per heavy atom. The van der Waals surface area contributed by atoms with Crippen molar-refractivity contribution in [3.8, 4) is 0 Å². The monoisotopic (exact) mass is 385 g/mol. The molecule has 3 aromatic heterocycles. The molecule has 3 heterocycles. The summed E-state index contributed by atoms with van der Waals surface area (Å²) in [5.41, 5.74) is 0.515. The number of aliphatic hydroxyl groups is 1. The number of hydrogen-bond donors (Lipinski definition) is 3. The number of rotatable bonds is 8. The maximum atomic E-state index is 13.0. The van der Waals surface area contributed by atoms with Crippen LogP contribution in [0.1, 0.15) is 23.2 Å². The number of nitrogens with one attached hydrogen (secondary N) is 2. The highest BCUT2D eigenvalue weighted by Gasteiger charge is 2.17. The maximum absolute atomic E-state index is 13.0. The number of amides is 1. The average molecular weight is 385 g/mol. The minimum atomic E-state index is -0.432. The number of pyridine rings is 2. The van der Waals surface area contributed by atoms with Gasteiger partial charge in [-0.1, -0.05) is 6.07 Å². The number of carbonyl (C=O) groups excluding carboxylic acids is 1. The standard InChI is InChI=1S/C19H23N5O4/c1-28-11-4-7-21-18(26)13-12-14-17(24(16(13)20)9-5-10-25)22-15-6-2-3-8-23(15)19(14)27/h2-3,6,8,12,20,25H,4-5,7,9-11H2,1H3,(H,21,26). The van der Waals surface area contributed by atoms with Gasteiger partial charge in [0, 0.05) is 39.6 Å². The van der Waals surface area contributed by atoms with Gasteiger partial charge in [-0.05, 0) is 31.0 Å². The van der Waals surface area contributed by atoms with E-state index in [9.17, 15) is 14.7 Å². The molecule has 148 valence electrons. The minimum Gasteiger partial charge on any atom is -0.396 e. The third-order valence-corrected chi connectivity index (χ3v) is 4.41. The van der Waals surface area contributed by atoms with E-state index in [1.165, 1.54) is 15.0 Å². The van der Waals surface area contributed by atoms with Gasteiger partial charge in [0.15, 0.2) is 0 Å². The first-order valence-corrected chi connectivity index (χ1v) is 9.06. The van der Waals surface area contributed by atoms with Crippen LogP contribution in [0.25, 0.3) is 16.7 Å². The summed E-state index contributed by atoms with van der Waals surface area (Å²) in [4.78, 5) is 30.1. The molecule has 0 saturated heterocycles. The molecule has 0 aliphatic heterocycles. The van der Waals surface area contributed by atoms with Crippen LogP contribution in [0, 0.1) is 5.41 Å². The molecule has 0 atom stereocenters. The smallest absolute Gasteiger partial charge is 0.267 e. The lowest BCUT2D eigenvalue weighted by Gasteiger charge is -2.14. The third kappa shape index (κ3) is 3.80. The number of carbonyl (C=O) groups is 1. The summed E-state index contributed by atoms with van der Waals surface area (Å²) in [6.45, 7) is 1.11. The van der Waals surface area contributed by atoms with E-state index in [1.807, 2.05) is 0 Å². The first kappa shape index (κ1) is 19.7. The first-order chi connectivity index (χ1) is 13.6. The van der Waals surface area contributed by atoms with Crippen molar-refractivity contribution in [1.82, 2.24) is 19.3 Å². The molecular formula is C19H23N5O4. The Labute approximate surface area is 160 Å². The fourth-order valence-corrected chi connectivity index (χ4v) is 3.02. The van der Waals surface area contributed by atoms with Crippen LogP contribution in [-0.4, -0.2) is 51.8 Å². The van der Waals surface area contributed by atoms with Crippen molar-refractivity contribution in [3.05, 3.63) is 51.9 Å². The quantitative estimate of drug-likeness (QED) is 0.380. The lowest BCUT2D eigenvalue weighted by molar-refractivity contribution is 0.0946. The number of aromatic nitrogens is 3. The number of methoxy groups -OCH3 is 1. The van der Waals surface area contributed by atoms with Crippen molar-refractivity contribution in [1.29, 1.82) is 5.41 Å². The highest BCUT2D eigenvalue weighted by atomic mass is 16.5. The summed E-state index contributed by atoms with van der Waals surface area (Å²) >= 11 is 0. The van der Waals surface area contributed by atoms with Gasteiger partial charge in [0.05, 0.1) is 10.9 Å². The lowest BCUT2D eigenvalue weighted by atomic mass is 10.2. The average Bonchev–Trinajstić information content (AvgIpc) is 2.70. The molecule has 0 spiro atoms. The van der Waals surface area contributed by atoms with E-state index in [2.05, 4.69) is 10.3 Å². The largest absolute Gasteiger partial charge is 0.396 e. The second-order valence-corrected chi connectivity index (χ2v) is 6.32. The molecule has 28 heavy (non-hydrogen) atoms. The molecule has 0 aliphatic carbocycles. The molecule has 0 unspecified atom stereocenters. The van der Waals surface area contributed by atoms with E-state index in [-0.39, 0.29) is 35.1 Å². The molecule has 3 N–H and O–H groups in total. The van der Waals surface area contributed by atoms with Gasteiger partial charge >= 0.3 is 0 Å². The van der Waals surface area contributed by atoms with Crippen LogP contribution in [0.4, 0.5) is 0 Å². The normalized spacial score (nSPS) is 11.2. The van der Waals surface area contributed by atoms with Gasteiger partial charge < -0.3 is 19.7 Å². The fraction of sp³-hybridized carbons (Fsp3) is 0.368. The van der Waals surface area contributed by atoms with Gasteiger partial charge in [-0.15, -0.1) is 0 Å². The number of aryl methyl sites for hydroxylation is 1. The van der Waals surface area contributed by atoms with Gasteiger partial charge in [0.25, 0.3) is 11.5 Å². The van der Waals surface area contributed by atoms with Crippen molar-refractivity contribution in [2.45, 2.75) is 19.4 Å². The van der Waals surface area contributed by atoms with E-state index in [0.717, 1.165) is 0 Å². The Balaban J connectivity index is 2.17. The zero-order valence-corrected chi connectivity index (χ0v) is 15.6. The van der Waals surface area contributed by atoms with Gasteiger partial charge in [0.1, 0.15) is 16.8 Å². The van der Waals surface area contributed by atoms with Gasteiger partial charge in [-0.25, -0.2) is 4.98 Å². The molecule has 0 bridgehead atoms. The molecule has 0 radical (unpaired) electrons. The van der Waals surface area contributed by atoms with E-state index in [4.69, 9.17) is 10.1 Å². The molecule has 0 aliphatic rings. The topological polar surface area (TPSA) is 122 Å². The van der Waals surface area contributed by atoms with E-state index >= 15 is 0 Å². The molecule has 3 aromatic rings. The highest BCUT2D eigenvalue weighted by Crippen LogP contribution is 2.10. The molecule has 9 nitrogen and oxygen atoms in total. The predicted octanol–water partition coefficient (Wildman–Crippen LogP) is 0.277. The van der Waals surface area contributed by atoms with Gasteiger partial charge in [-0.3, -0.25) is 19.4 Å². The summed E-state index contributed by atoms with van der Waals surface area (Å²) in [5.74, 6) is -0.432. The zero-order valence-electron chi connectivity index (χ0n) is 15.6. The number of ether oxygens (including phenoxy) is 1. The second kappa shape index (κ2) is 8.77.